The summed E-state index contributed by atoms with van der Waals surface area (Å²) in [5.74, 6) is -0.746. The van der Waals surface area contributed by atoms with Crippen molar-refractivity contribution in [2.75, 3.05) is 7.11 Å². The molecule has 0 radical (unpaired) electrons. The van der Waals surface area contributed by atoms with Crippen LogP contribution in [-0.4, -0.2) is 18.1 Å². The van der Waals surface area contributed by atoms with Crippen LogP contribution in [0, 0.1) is 0 Å². The second kappa shape index (κ2) is 7.00. The van der Waals surface area contributed by atoms with Crippen molar-refractivity contribution in [3.05, 3.63) is 78.0 Å². The maximum Gasteiger partial charge on any atom is 0.433 e. The Balaban J connectivity index is 2.40. The third kappa shape index (κ3) is 3.44. The van der Waals surface area contributed by atoms with Gasteiger partial charge in [0, 0.05) is 11.1 Å². The number of carbonyl (C=O) groups is 1. The highest BCUT2D eigenvalue weighted by Crippen LogP contribution is 2.37. The SMILES string of the molecule is COC(=O)c1c(-c2ccccc2)cc(C(F)(F)F)nc1-c1ccccc1. The van der Waals surface area contributed by atoms with E-state index in [4.69, 9.17) is 4.74 Å². The highest BCUT2D eigenvalue weighted by Gasteiger charge is 2.35. The van der Waals surface area contributed by atoms with Crippen molar-refractivity contribution in [1.29, 1.82) is 0 Å². The fourth-order valence-corrected chi connectivity index (χ4v) is 2.65. The topological polar surface area (TPSA) is 39.2 Å². The molecule has 0 saturated heterocycles. The van der Waals surface area contributed by atoms with Gasteiger partial charge in [0.15, 0.2) is 0 Å². The van der Waals surface area contributed by atoms with Crippen LogP contribution in [0.1, 0.15) is 16.1 Å². The average Bonchev–Trinajstić information content (AvgIpc) is 2.67. The molecule has 1 heterocycles. The molecule has 26 heavy (non-hydrogen) atoms. The van der Waals surface area contributed by atoms with Crippen molar-refractivity contribution >= 4 is 5.97 Å². The molecule has 0 fully saturated rings. The Morgan fingerprint density at radius 3 is 1.96 bits per heavy atom. The lowest BCUT2D eigenvalue weighted by molar-refractivity contribution is -0.141. The molecule has 0 bridgehead atoms. The number of carbonyl (C=O) groups excluding carboxylic acids is 1. The summed E-state index contributed by atoms with van der Waals surface area (Å²) in [4.78, 5) is 16.2. The van der Waals surface area contributed by atoms with E-state index in [1.807, 2.05) is 0 Å². The molecule has 0 N–H and O–H groups in total. The second-order valence-electron chi connectivity index (χ2n) is 5.50. The largest absolute Gasteiger partial charge is 0.465 e. The predicted octanol–water partition coefficient (Wildman–Crippen LogP) is 5.22. The number of alkyl halides is 3. The number of ether oxygens (including phenoxy) is 1. The van der Waals surface area contributed by atoms with E-state index in [2.05, 4.69) is 4.98 Å². The molecule has 6 heteroatoms. The zero-order valence-electron chi connectivity index (χ0n) is 13.7. The van der Waals surface area contributed by atoms with Gasteiger partial charge in [0.05, 0.1) is 18.4 Å². The first-order chi connectivity index (χ1) is 12.4. The number of hydrogen-bond donors (Lipinski definition) is 0. The number of benzene rings is 2. The van der Waals surface area contributed by atoms with Crippen LogP contribution >= 0.6 is 0 Å². The molecular formula is C20H14F3NO2. The number of pyridine rings is 1. The molecule has 3 aromatic rings. The molecule has 0 spiro atoms. The molecular weight excluding hydrogens is 343 g/mol. The predicted molar refractivity (Wildman–Crippen MR) is 91.5 cm³/mol. The van der Waals surface area contributed by atoms with Crippen molar-refractivity contribution in [2.45, 2.75) is 6.18 Å². The van der Waals surface area contributed by atoms with Crippen LogP contribution in [0.2, 0.25) is 0 Å². The Kier molecular flexibility index (Phi) is 4.75. The Bertz CT molecular complexity index is 862. The van der Waals surface area contributed by atoms with Crippen molar-refractivity contribution in [2.24, 2.45) is 0 Å². The normalized spacial score (nSPS) is 11.2. The van der Waals surface area contributed by atoms with Crippen LogP contribution in [-0.2, 0) is 10.9 Å². The minimum absolute atomic E-state index is 0.00194. The molecule has 0 aliphatic heterocycles. The number of rotatable bonds is 3. The van der Waals surface area contributed by atoms with Gasteiger partial charge in [-0.05, 0) is 11.6 Å². The van der Waals surface area contributed by atoms with E-state index in [0.29, 0.717) is 11.1 Å². The van der Waals surface area contributed by atoms with Crippen LogP contribution in [0.4, 0.5) is 13.2 Å². The van der Waals surface area contributed by atoms with E-state index in [9.17, 15) is 18.0 Å². The van der Waals surface area contributed by atoms with Crippen molar-refractivity contribution in [3.63, 3.8) is 0 Å². The van der Waals surface area contributed by atoms with Crippen molar-refractivity contribution in [3.8, 4) is 22.4 Å². The van der Waals surface area contributed by atoms with Gasteiger partial charge in [-0.3, -0.25) is 0 Å². The molecule has 2 aromatic carbocycles. The van der Waals surface area contributed by atoms with E-state index < -0.39 is 17.8 Å². The maximum atomic E-state index is 13.4. The number of hydrogen-bond acceptors (Lipinski definition) is 3. The Labute approximate surface area is 148 Å². The van der Waals surface area contributed by atoms with Gasteiger partial charge in [0.1, 0.15) is 5.69 Å². The van der Waals surface area contributed by atoms with Crippen LogP contribution < -0.4 is 0 Å². The maximum absolute atomic E-state index is 13.4. The first-order valence-corrected chi connectivity index (χ1v) is 7.73. The number of halogens is 3. The monoisotopic (exact) mass is 357 g/mol. The van der Waals surface area contributed by atoms with Gasteiger partial charge in [-0.25, -0.2) is 9.78 Å². The van der Waals surface area contributed by atoms with Crippen LogP contribution in [0.3, 0.4) is 0 Å². The molecule has 132 valence electrons. The zero-order valence-corrected chi connectivity index (χ0v) is 13.7. The molecule has 3 nitrogen and oxygen atoms in total. The fraction of sp³-hybridized carbons (Fsp3) is 0.100. The average molecular weight is 357 g/mol. The summed E-state index contributed by atoms with van der Waals surface area (Å²) < 4.78 is 45.1. The highest BCUT2D eigenvalue weighted by atomic mass is 19.4. The molecule has 0 amide bonds. The van der Waals surface area contributed by atoms with E-state index in [0.717, 1.165) is 6.07 Å². The second-order valence-corrected chi connectivity index (χ2v) is 5.50. The lowest BCUT2D eigenvalue weighted by Crippen LogP contribution is -2.14. The molecule has 0 aliphatic carbocycles. The lowest BCUT2D eigenvalue weighted by atomic mass is 9.95. The zero-order chi connectivity index (χ0) is 18.7. The summed E-state index contributed by atoms with van der Waals surface area (Å²) in [6.07, 6.45) is -4.65. The number of nitrogens with zero attached hydrogens (tertiary/aromatic N) is 1. The van der Waals surface area contributed by atoms with Crippen LogP contribution in [0.25, 0.3) is 22.4 Å². The molecule has 0 unspecified atom stereocenters. The third-order valence-electron chi connectivity index (χ3n) is 3.83. The fourth-order valence-electron chi connectivity index (χ4n) is 2.65. The first-order valence-electron chi connectivity index (χ1n) is 7.73. The van der Waals surface area contributed by atoms with Crippen molar-refractivity contribution < 1.29 is 22.7 Å². The molecule has 0 saturated carbocycles. The summed E-state index contributed by atoms with van der Waals surface area (Å²) >= 11 is 0. The standard InChI is InChI=1S/C20H14F3NO2/c1-26-19(25)17-15(13-8-4-2-5-9-13)12-16(20(21,22)23)24-18(17)14-10-6-3-7-11-14/h2-12H,1H3. The summed E-state index contributed by atoms with van der Waals surface area (Å²) in [5, 5.41) is 0. The lowest BCUT2D eigenvalue weighted by Gasteiger charge is -2.16. The van der Waals surface area contributed by atoms with Gasteiger partial charge in [-0.15, -0.1) is 0 Å². The summed E-state index contributed by atoms with van der Waals surface area (Å²) in [5.41, 5.74) is -0.139. The third-order valence-corrected chi connectivity index (χ3v) is 3.83. The van der Waals surface area contributed by atoms with Crippen LogP contribution in [0.5, 0.6) is 0 Å². The summed E-state index contributed by atoms with van der Waals surface area (Å²) in [7, 11) is 1.18. The van der Waals surface area contributed by atoms with Gasteiger partial charge in [0.2, 0.25) is 0 Å². The van der Waals surface area contributed by atoms with E-state index in [-0.39, 0.29) is 16.8 Å². The van der Waals surface area contributed by atoms with E-state index >= 15 is 0 Å². The number of aromatic nitrogens is 1. The van der Waals surface area contributed by atoms with Gasteiger partial charge < -0.3 is 4.74 Å². The molecule has 0 aliphatic rings. The van der Waals surface area contributed by atoms with E-state index in [1.165, 1.54) is 7.11 Å². The Morgan fingerprint density at radius 1 is 0.923 bits per heavy atom. The van der Waals surface area contributed by atoms with Gasteiger partial charge in [-0.2, -0.15) is 13.2 Å². The molecule has 0 atom stereocenters. The minimum Gasteiger partial charge on any atom is -0.465 e. The molecule has 1 aromatic heterocycles. The van der Waals surface area contributed by atoms with Crippen molar-refractivity contribution in [1.82, 2.24) is 4.98 Å². The smallest absolute Gasteiger partial charge is 0.433 e. The Hall–Kier alpha value is -3.15. The summed E-state index contributed by atoms with van der Waals surface area (Å²) in [6.45, 7) is 0. The number of methoxy groups -OCH3 is 1. The number of esters is 1. The first kappa shape index (κ1) is 17.7. The van der Waals surface area contributed by atoms with Gasteiger partial charge in [0.25, 0.3) is 0 Å². The quantitative estimate of drug-likeness (QED) is 0.603. The van der Waals surface area contributed by atoms with Gasteiger partial charge in [-0.1, -0.05) is 60.7 Å². The molecule has 3 rings (SSSR count). The van der Waals surface area contributed by atoms with E-state index in [1.54, 1.807) is 60.7 Å². The van der Waals surface area contributed by atoms with Crippen LogP contribution in [0.15, 0.2) is 66.7 Å². The van der Waals surface area contributed by atoms with Gasteiger partial charge >= 0.3 is 12.1 Å². The summed E-state index contributed by atoms with van der Waals surface area (Å²) in [6, 6.07) is 17.5. The Morgan fingerprint density at radius 2 is 1.46 bits per heavy atom. The minimum atomic E-state index is -4.65. The highest BCUT2D eigenvalue weighted by molar-refractivity contribution is 6.03.